The molecule has 0 saturated carbocycles. The molecule has 2 fully saturated rings. The third-order valence-corrected chi connectivity index (χ3v) is 10.0. The molecule has 4 heterocycles. The minimum absolute atomic E-state index is 0.0609. The number of esters is 1. The molecule has 4 aliphatic heterocycles. The van der Waals surface area contributed by atoms with Gasteiger partial charge >= 0.3 is 5.97 Å². The van der Waals surface area contributed by atoms with E-state index in [1.807, 2.05) is 69.3 Å². The fraction of sp³-hybridized carbons (Fsp3) is 0.474. The van der Waals surface area contributed by atoms with Crippen LogP contribution in [0.4, 0.5) is 0 Å². The van der Waals surface area contributed by atoms with Crippen LogP contribution >= 0.6 is 0 Å². The summed E-state index contributed by atoms with van der Waals surface area (Å²) in [4.78, 5) is 60.6. The van der Waals surface area contributed by atoms with Gasteiger partial charge in [-0.3, -0.25) is 19.2 Å². The van der Waals surface area contributed by atoms with Crippen molar-refractivity contribution in [1.29, 1.82) is 0 Å². The Hall–Kier alpha value is -4.32. The lowest BCUT2D eigenvalue weighted by atomic mass is 9.74. The van der Waals surface area contributed by atoms with Gasteiger partial charge in [0.05, 0.1) is 37.3 Å². The zero-order valence-electron chi connectivity index (χ0n) is 28.4. The van der Waals surface area contributed by atoms with Crippen LogP contribution in [0.1, 0.15) is 56.9 Å². The van der Waals surface area contributed by atoms with Gasteiger partial charge in [-0.1, -0.05) is 85.0 Å². The molecule has 2 aromatic rings. The van der Waals surface area contributed by atoms with Crippen LogP contribution < -0.4 is 5.32 Å². The Bertz CT molecular complexity index is 1610. The van der Waals surface area contributed by atoms with Crippen LogP contribution in [0.15, 0.2) is 85.0 Å². The molecule has 260 valence electrons. The Balaban J connectivity index is 1.49. The molecule has 1 spiro atoms. The Labute approximate surface area is 286 Å². The fourth-order valence-corrected chi connectivity index (χ4v) is 7.77. The van der Waals surface area contributed by atoms with E-state index in [4.69, 9.17) is 14.2 Å². The highest BCUT2D eigenvalue weighted by atomic mass is 16.6. The number of benzene rings is 2. The number of ether oxygens (including phenoxy) is 3. The van der Waals surface area contributed by atoms with Gasteiger partial charge in [0.1, 0.15) is 23.7 Å². The monoisotopic (exact) mass is 671 g/mol. The molecule has 3 amide bonds. The molecule has 2 N–H and O–H groups in total. The molecule has 6 rings (SSSR count). The maximum atomic E-state index is 15.0. The summed E-state index contributed by atoms with van der Waals surface area (Å²) in [6.45, 7) is 5.55. The number of likely N-dealkylation sites (tertiary alicyclic amines) is 1. The van der Waals surface area contributed by atoms with E-state index in [0.717, 1.165) is 0 Å². The van der Waals surface area contributed by atoms with Gasteiger partial charge in [-0.2, -0.15) is 0 Å². The van der Waals surface area contributed by atoms with Crippen molar-refractivity contribution in [2.45, 2.75) is 75.1 Å². The largest absolute Gasteiger partial charge is 0.455 e. The van der Waals surface area contributed by atoms with Crippen LogP contribution in [-0.4, -0.2) is 94.8 Å². The molecule has 2 saturated heterocycles. The van der Waals surface area contributed by atoms with Crippen molar-refractivity contribution < 1.29 is 38.5 Å². The number of carbonyl (C=O) groups is 4. The van der Waals surface area contributed by atoms with Gasteiger partial charge in [-0.15, -0.1) is 0 Å². The second kappa shape index (κ2) is 13.9. The average Bonchev–Trinajstić information content (AvgIpc) is 3.72. The van der Waals surface area contributed by atoms with Crippen LogP contribution in [0.3, 0.4) is 0 Å². The number of nitrogens with zero attached hydrogens (tertiary/aromatic N) is 2. The molecule has 0 radical (unpaired) electrons. The molecule has 49 heavy (non-hydrogen) atoms. The molecular weight excluding hydrogens is 626 g/mol. The molecular formula is C38H45N3O8. The number of hydrogen-bond acceptors (Lipinski definition) is 8. The second-order valence-electron chi connectivity index (χ2n) is 14.1. The van der Waals surface area contributed by atoms with Crippen molar-refractivity contribution in [3.05, 3.63) is 96.1 Å². The van der Waals surface area contributed by atoms with E-state index in [-0.39, 0.29) is 31.4 Å². The molecule has 11 nitrogen and oxygen atoms in total. The second-order valence-corrected chi connectivity index (χ2v) is 14.1. The molecule has 5 bridgehead atoms. The number of aliphatic hydroxyl groups is 1. The van der Waals surface area contributed by atoms with E-state index in [1.54, 1.807) is 41.3 Å². The summed E-state index contributed by atoms with van der Waals surface area (Å²) < 4.78 is 18.4. The van der Waals surface area contributed by atoms with Crippen molar-refractivity contribution in [3.8, 4) is 0 Å². The van der Waals surface area contributed by atoms with Crippen molar-refractivity contribution >= 4 is 23.7 Å². The van der Waals surface area contributed by atoms with Crippen molar-refractivity contribution in [2.24, 2.45) is 11.8 Å². The molecule has 4 aliphatic rings. The third-order valence-electron chi connectivity index (χ3n) is 10.0. The Kier molecular flexibility index (Phi) is 9.79. The highest BCUT2D eigenvalue weighted by molar-refractivity contribution is 5.99. The van der Waals surface area contributed by atoms with Gasteiger partial charge in [0.25, 0.3) is 0 Å². The van der Waals surface area contributed by atoms with Crippen molar-refractivity contribution in [3.63, 3.8) is 0 Å². The number of hydrogen-bond donors (Lipinski definition) is 2. The van der Waals surface area contributed by atoms with Gasteiger partial charge in [-0.05, 0) is 38.3 Å². The predicted octanol–water partition coefficient (Wildman–Crippen LogP) is 3.26. The highest BCUT2D eigenvalue weighted by Crippen LogP contribution is 2.57. The number of rotatable bonds is 6. The first kappa shape index (κ1) is 34.5. The van der Waals surface area contributed by atoms with E-state index < -0.39 is 71.8 Å². The summed E-state index contributed by atoms with van der Waals surface area (Å²) in [6.07, 6.45) is 6.00. The van der Waals surface area contributed by atoms with E-state index in [1.165, 1.54) is 12.0 Å². The number of fused-ring (bicyclic) bond motifs is 2. The lowest BCUT2D eigenvalue weighted by molar-refractivity contribution is -0.163. The van der Waals surface area contributed by atoms with Gasteiger partial charge in [0.2, 0.25) is 17.7 Å². The predicted molar refractivity (Wildman–Crippen MR) is 180 cm³/mol. The van der Waals surface area contributed by atoms with Gasteiger partial charge in [0, 0.05) is 25.6 Å². The van der Waals surface area contributed by atoms with Crippen LogP contribution in [0, 0.1) is 11.8 Å². The summed E-state index contributed by atoms with van der Waals surface area (Å²) in [5, 5.41) is 13.8. The Morgan fingerprint density at radius 3 is 2.35 bits per heavy atom. The fourth-order valence-electron chi connectivity index (χ4n) is 7.77. The molecule has 11 heteroatoms. The maximum absolute atomic E-state index is 15.0. The topological polar surface area (TPSA) is 135 Å². The van der Waals surface area contributed by atoms with Gasteiger partial charge < -0.3 is 34.4 Å². The number of amides is 3. The van der Waals surface area contributed by atoms with Crippen LogP contribution in [0.2, 0.25) is 0 Å². The lowest BCUT2D eigenvalue weighted by Crippen LogP contribution is -2.60. The summed E-state index contributed by atoms with van der Waals surface area (Å²) in [5.74, 6) is -3.96. The summed E-state index contributed by atoms with van der Waals surface area (Å²) in [6, 6.07) is 15.4. The minimum Gasteiger partial charge on any atom is -0.455 e. The Morgan fingerprint density at radius 2 is 1.69 bits per heavy atom. The van der Waals surface area contributed by atoms with Crippen LogP contribution in [0.5, 0.6) is 0 Å². The van der Waals surface area contributed by atoms with Crippen molar-refractivity contribution in [1.82, 2.24) is 15.1 Å². The first-order chi connectivity index (χ1) is 23.5. The zero-order valence-corrected chi connectivity index (χ0v) is 28.4. The Morgan fingerprint density at radius 1 is 1.00 bits per heavy atom. The minimum atomic E-state index is -1.48. The quantitative estimate of drug-likeness (QED) is 0.353. The molecule has 0 aliphatic carbocycles. The summed E-state index contributed by atoms with van der Waals surface area (Å²) in [5.41, 5.74) is -0.865. The first-order valence-electron chi connectivity index (χ1n) is 16.9. The smallest absolute Gasteiger partial charge is 0.313 e. The van der Waals surface area contributed by atoms with Crippen LogP contribution in [-0.2, 0) is 33.4 Å². The number of methoxy groups -OCH3 is 1. The molecule has 8 atom stereocenters. The van der Waals surface area contributed by atoms with E-state index in [0.29, 0.717) is 17.5 Å². The number of allylic oxidation sites excluding steroid dienone is 1. The van der Waals surface area contributed by atoms with E-state index in [9.17, 15) is 24.3 Å². The highest BCUT2D eigenvalue weighted by Gasteiger charge is 2.74. The first-order valence-corrected chi connectivity index (χ1v) is 16.9. The van der Waals surface area contributed by atoms with Crippen LogP contribution in [0.25, 0.3) is 0 Å². The van der Waals surface area contributed by atoms with Gasteiger partial charge in [0.15, 0.2) is 0 Å². The van der Waals surface area contributed by atoms with Crippen molar-refractivity contribution in [2.75, 3.05) is 26.9 Å². The number of carbonyl (C=O) groups excluding carboxylic acids is 4. The third kappa shape index (κ3) is 6.31. The maximum Gasteiger partial charge on any atom is 0.313 e. The summed E-state index contributed by atoms with van der Waals surface area (Å²) >= 11 is 0. The molecule has 2 aromatic carbocycles. The average molecular weight is 672 g/mol. The standard InChI is InChI=1S/C38H45N3O8/c1-37(2,3)40-21-13-7-12-18-29(43)39-26(23-47-4)32(25-16-10-6-11-17-25)48-36(46)30-28-19-20-38(49-28)31(30)34(44)41(33(38)35(40)45)27(22-42)24-14-8-5-9-15-24/h5-11,13-17,19-20,26-28,30-33,42H,12,18,21-23H2,1-4H3,(H,39,43)/b13-7-/t26-,27-,28+,30-,31-,32-,33+,38-/m1/s1. The van der Waals surface area contributed by atoms with Gasteiger partial charge in [-0.25, -0.2) is 0 Å². The SMILES string of the molecule is COC[C@H]1NC(=O)CC/C=C\CN(C(C)(C)C)C(=O)[C@@H]2N([C@H](CO)c3ccccc3)C(=O)[C@H]3[C@H](C(=O)O[C@@H]1c1ccccc1)[C@@H]1C=C[C@]23O1. The van der Waals surface area contributed by atoms with E-state index in [2.05, 4.69) is 5.32 Å². The molecule has 0 aromatic heterocycles. The number of aliphatic hydroxyl groups excluding tert-OH is 1. The normalized spacial score (nSPS) is 31.8. The zero-order chi connectivity index (χ0) is 34.9. The molecule has 0 unspecified atom stereocenters. The van der Waals surface area contributed by atoms with E-state index >= 15 is 0 Å². The summed E-state index contributed by atoms with van der Waals surface area (Å²) in [7, 11) is 1.51. The lowest BCUT2D eigenvalue weighted by Gasteiger charge is -2.43. The number of cyclic esters (lactones) is 1. The number of nitrogens with one attached hydrogen (secondary N) is 1.